The summed E-state index contributed by atoms with van der Waals surface area (Å²) < 4.78 is 5.18. The van der Waals surface area contributed by atoms with Crippen LogP contribution in [0.15, 0.2) is 41.0 Å². The van der Waals surface area contributed by atoms with Gasteiger partial charge in [0.25, 0.3) is 5.91 Å². The lowest BCUT2D eigenvalue weighted by atomic mass is 10.2. The van der Waals surface area contributed by atoms with Crippen molar-refractivity contribution in [3.05, 3.63) is 53.7 Å². The Bertz CT molecular complexity index is 714. The maximum absolute atomic E-state index is 12.3. The quantitative estimate of drug-likeness (QED) is 0.919. The molecule has 0 bridgehead atoms. The normalized spacial score (nSPS) is 15.9. The van der Waals surface area contributed by atoms with Crippen LogP contribution in [0.1, 0.15) is 33.2 Å². The van der Waals surface area contributed by atoms with Crippen LogP contribution < -0.4 is 0 Å². The number of carbonyl (C=O) groups excluding carboxylic acids is 1. The van der Waals surface area contributed by atoms with E-state index in [1.807, 2.05) is 6.07 Å². The first-order valence-electron chi connectivity index (χ1n) is 7.88. The Labute approximate surface area is 139 Å². The third-order valence-corrected chi connectivity index (χ3v) is 4.02. The van der Waals surface area contributed by atoms with Gasteiger partial charge in [0.15, 0.2) is 5.76 Å². The van der Waals surface area contributed by atoms with Crippen LogP contribution in [-0.2, 0) is 6.54 Å². The predicted octanol–water partition coefficient (Wildman–Crippen LogP) is 1.72. The third-order valence-electron chi connectivity index (χ3n) is 4.02. The second kappa shape index (κ2) is 7.27. The molecule has 0 aliphatic carbocycles. The van der Waals surface area contributed by atoms with Crippen LogP contribution in [0.3, 0.4) is 0 Å². The molecule has 7 heteroatoms. The largest absolute Gasteiger partial charge is 0.477 e. The summed E-state index contributed by atoms with van der Waals surface area (Å²) in [6.07, 6.45) is 2.35. The number of hydrogen-bond donors (Lipinski definition) is 1. The molecule has 1 amide bonds. The fourth-order valence-electron chi connectivity index (χ4n) is 2.80. The molecule has 0 atom stereocenters. The summed E-state index contributed by atoms with van der Waals surface area (Å²) >= 11 is 0. The summed E-state index contributed by atoms with van der Waals surface area (Å²) in [5.74, 6) is -0.755. The van der Waals surface area contributed by atoms with Crippen LogP contribution in [0.4, 0.5) is 0 Å². The van der Waals surface area contributed by atoms with Crippen molar-refractivity contribution in [2.45, 2.75) is 13.0 Å². The molecule has 2 aromatic rings. The highest BCUT2D eigenvalue weighted by Gasteiger charge is 2.22. The summed E-state index contributed by atoms with van der Waals surface area (Å²) in [6.45, 7) is 3.41. The van der Waals surface area contributed by atoms with E-state index in [0.717, 1.165) is 18.7 Å². The van der Waals surface area contributed by atoms with Gasteiger partial charge >= 0.3 is 5.97 Å². The SMILES string of the molecule is O=C(O)c1cccc(CN2CCCN(C(=O)c3ccco3)CC2)n1. The molecule has 2 aromatic heterocycles. The minimum Gasteiger partial charge on any atom is -0.477 e. The number of amides is 1. The number of aromatic nitrogens is 1. The Balaban J connectivity index is 1.60. The van der Waals surface area contributed by atoms with Gasteiger partial charge in [0.1, 0.15) is 5.69 Å². The number of carboxylic acid groups (broad SMARTS) is 1. The highest BCUT2D eigenvalue weighted by atomic mass is 16.4. The van der Waals surface area contributed by atoms with Gasteiger partial charge in [-0.2, -0.15) is 0 Å². The summed E-state index contributed by atoms with van der Waals surface area (Å²) in [4.78, 5) is 31.5. The number of pyridine rings is 1. The first-order valence-corrected chi connectivity index (χ1v) is 7.88. The number of carboxylic acids is 1. The second-order valence-electron chi connectivity index (χ2n) is 5.72. The number of hydrogen-bond acceptors (Lipinski definition) is 5. The monoisotopic (exact) mass is 329 g/mol. The summed E-state index contributed by atoms with van der Waals surface area (Å²) in [7, 11) is 0. The molecule has 3 heterocycles. The van der Waals surface area contributed by atoms with Gasteiger partial charge in [0.2, 0.25) is 0 Å². The van der Waals surface area contributed by atoms with E-state index in [0.29, 0.717) is 31.9 Å². The van der Waals surface area contributed by atoms with Crippen LogP contribution in [0.5, 0.6) is 0 Å². The molecule has 1 fully saturated rings. The van der Waals surface area contributed by atoms with Gasteiger partial charge in [-0.15, -0.1) is 0 Å². The molecule has 1 aliphatic rings. The van der Waals surface area contributed by atoms with Crippen molar-refractivity contribution >= 4 is 11.9 Å². The van der Waals surface area contributed by atoms with Crippen LogP contribution in [0.25, 0.3) is 0 Å². The average molecular weight is 329 g/mol. The lowest BCUT2D eigenvalue weighted by molar-refractivity contribution is 0.0687. The molecule has 0 spiro atoms. The van der Waals surface area contributed by atoms with Crippen molar-refractivity contribution < 1.29 is 19.1 Å². The minimum absolute atomic E-state index is 0.0527. The molecular weight excluding hydrogens is 310 g/mol. The van der Waals surface area contributed by atoms with Gasteiger partial charge in [0, 0.05) is 32.7 Å². The second-order valence-corrected chi connectivity index (χ2v) is 5.72. The lowest BCUT2D eigenvalue weighted by Gasteiger charge is -2.21. The molecule has 0 aromatic carbocycles. The van der Waals surface area contributed by atoms with Gasteiger partial charge in [0.05, 0.1) is 12.0 Å². The lowest BCUT2D eigenvalue weighted by Crippen LogP contribution is -2.35. The minimum atomic E-state index is -1.03. The fraction of sp³-hybridized carbons (Fsp3) is 0.353. The van der Waals surface area contributed by atoms with Gasteiger partial charge in [-0.25, -0.2) is 9.78 Å². The van der Waals surface area contributed by atoms with Gasteiger partial charge in [-0.1, -0.05) is 6.07 Å². The van der Waals surface area contributed by atoms with Gasteiger partial charge in [-0.3, -0.25) is 9.69 Å². The number of carbonyl (C=O) groups is 2. The zero-order valence-corrected chi connectivity index (χ0v) is 13.2. The summed E-state index contributed by atoms with van der Waals surface area (Å²) in [6, 6.07) is 8.39. The molecule has 1 N–H and O–H groups in total. The van der Waals surface area contributed by atoms with Crippen molar-refractivity contribution in [2.75, 3.05) is 26.2 Å². The Hall–Kier alpha value is -2.67. The first-order chi connectivity index (χ1) is 11.6. The molecule has 1 aliphatic heterocycles. The van der Waals surface area contributed by atoms with E-state index in [-0.39, 0.29) is 11.6 Å². The molecule has 0 unspecified atom stereocenters. The van der Waals surface area contributed by atoms with Crippen molar-refractivity contribution in [2.24, 2.45) is 0 Å². The molecule has 24 heavy (non-hydrogen) atoms. The van der Waals surface area contributed by atoms with Crippen molar-refractivity contribution in [3.8, 4) is 0 Å². The molecular formula is C17H19N3O4. The van der Waals surface area contributed by atoms with Gasteiger partial charge in [-0.05, 0) is 30.7 Å². The van der Waals surface area contributed by atoms with Crippen LogP contribution in [-0.4, -0.2) is 57.9 Å². The molecule has 1 saturated heterocycles. The van der Waals surface area contributed by atoms with Crippen molar-refractivity contribution in [1.29, 1.82) is 0 Å². The maximum Gasteiger partial charge on any atom is 0.354 e. The topological polar surface area (TPSA) is 86.9 Å². The fourth-order valence-corrected chi connectivity index (χ4v) is 2.80. The van der Waals surface area contributed by atoms with Crippen LogP contribution >= 0.6 is 0 Å². The van der Waals surface area contributed by atoms with Crippen molar-refractivity contribution in [3.63, 3.8) is 0 Å². The van der Waals surface area contributed by atoms with Gasteiger partial charge < -0.3 is 14.4 Å². The standard InChI is InChI=1S/C17H19N3O4/c21-16(15-6-2-11-24-15)20-8-3-7-19(9-10-20)12-13-4-1-5-14(18-13)17(22)23/h1-2,4-6,11H,3,7-10,12H2,(H,22,23). The predicted molar refractivity (Wildman–Crippen MR) is 85.7 cm³/mol. The Kier molecular flexibility index (Phi) is 4.90. The van der Waals surface area contributed by atoms with E-state index in [1.165, 1.54) is 12.3 Å². The highest BCUT2D eigenvalue weighted by molar-refractivity contribution is 5.91. The molecule has 0 radical (unpaired) electrons. The third kappa shape index (κ3) is 3.80. The molecule has 0 saturated carbocycles. The van der Waals surface area contributed by atoms with Crippen LogP contribution in [0, 0.1) is 0 Å². The zero-order valence-electron chi connectivity index (χ0n) is 13.2. The number of furan rings is 1. The van der Waals surface area contributed by atoms with Crippen molar-refractivity contribution in [1.82, 2.24) is 14.8 Å². The smallest absolute Gasteiger partial charge is 0.354 e. The van der Waals surface area contributed by atoms with Crippen LogP contribution in [0.2, 0.25) is 0 Å². The van der Waals surface area contributed by atoms with E-state index in [4.69, 9.17) is 9.52 Å². The Morgan fingerprint density at radius 1 is 1.12 bits per heavy atom. The number of rotatable bonds is 4. The maximum atomic E-state index is 12.3. The van der Waals surface area contributed by atoms with E-state index >= 15 is 0 Å². The number of nitrogens with zero attached hydrogens (tertiary/aromatic N) is 3. The highest BCUT2D eigenvalue weighted by Crippen LogP contribution is 2.12. The number of aromatic carboxylic acids is 1. The molecule has 126 valence electrons. The molecule has 7 nitrogen and oxygen atoms in total. The van der Waals surface area contributed by atoms with E-state index in [2.05, 4.69) is 9.88 Å². The Morgan fingerprint density at radius 3 is 2.75 bits per heavy atom. The van der Waals surface area contributed by atoms with E-state index in [9.17, 15) is 9.59 Å². The summed E-state index contributed by atoms with van der Waals surface area (Å²) in [5, 5.41) is 9.02. The Morgan fingerprint density at radius 2 is 2.00 bits per heavy atom. The first kappa shape index (κ1) is 16.2. The average Bonchev–Trinajstić information content (AvgIpc) is 3.02. The molecule has 3 rings (SSSR count). The van der Waals surface area contributed by atoms with E-state index < -0.39 is 5.97 Å². The van der Waals surface area contributed by atoms with E-state index in [1.54, 1.807) is 23.1 Å². The zero-order chi connectivity index (χ0) is 16.9. The summed E-state index contributed by atoms with van der Waals surface area (Å²) in [5.41, 5.74) is 0.776.